The van der Waals surface area contributed by atoms with E-state index in [4.69, 9.17) is 4.74 Å². The number of aromatic nitrogens is 2. The average Bonchev–Trinajstić information content (AvgIpc) is 2.90. The summed E-state index contributed by atoms with van der Waals surface area (Å²) < 4.78 is 7.57. The molecule has 4 rings (SSSR count). The Morgan fingerprint density at radius 1 is 1.00 bits per heavy atom. The Morgan fingerprint density at radius 2 is 1.75 bits per heavy atom. The number of hydrogen-bond acceptors (Lipinski definition) is 5. The van der Waals surface area contributed by atoms with Gasteiger partial charge in [0.2, 0.25) is 0 Å². The maximum absolute atomic E-state index is 12.7. The van der Waals surface area contributed by atoms with Crippen LogP contribution < -0.4 is 20.9 Å². The fourth-order valence-corrected chi connectivity index (χ4v) is 4.15. The molecule has 0 aliphatic carbocycles. The predicted octanol–water partition coefficient (Wildman–Crippen LogP) is 5.57. The van der Waals surface area contributed by atoms with E-state index in [-0.39, 0.29) is 41.8 Å². The smallest absolute Gasteiger partial charge is 0.258 e. The van der Waals surface area contributed by atoms with Crippen molar-refractivity contribution in [2.45, 2.75) is 52.2 Å². The number of halogens is 2. The van der Waals surface area contributed by atoms with Crippen LogP contribution in [0.2, 0.25) is 0 Å². The van der Waals surface area contributed by atoms with E-state index in [1.54, 1.807) is 16.7 Å². The number of nitrogens with zero attached hydrogens (tertiary/aromatic N) is 2. The molecule has 2 aromatic heterocycles. The highest BCUT2D eigenvalue weighted by Gasteiger charge is 2.15. The van der Waals surface area contributed by atoms with Gasteiger partial charge in [-0.05, 0) is 93.2 Å². The Bertz CT molecular complexity index is 1430. The summed E-state index contributed by atoms with van der Waals surface area (Å²) in [7, 11) is 0. The largest absolute Gasteiger partial charge is 0.494 e. The Kier molecular flexibility index (Phi) is 12.6. The molecule has 7 nitrogen and oxygen atoms in total. The predicted molar refractivity (Wildman–Crippen MR) is 166 cm³/mol. The van der Waals surface area contributed by atoms with E-state index < -0.39 is 0 Å². The molecule has 2 aromatic carbocycles. The van der Waals surface area contributed by atoms with Crippen molar-refractivity contribution in [2.75, 3.05) is 13.2 Å². The Morgan fingerprint density at radius 3 is 2.50 bits per heavy atom. The summed E-state index contributed by atoms with van der Waals surface area (Å²) in [6.45, 7) is 8.61. The van der Waals surface area contributed by atoms with Crippen molar-refractivity contribution in [3.63, 3.8) is 0 Å². The lowest BCUT2D eigenvalue weighted by atomic mass is 10.1. The van der Waals surface area contributed by atoms with Gasteiger partial charge in [-0.1, -0.05) is 18.2 Å². The van der Waals surface area contributed by atoms with Gasteiger partial charge in [0.05, 0.1) is 6.61 Å². The molecule has 0 saturated heterocycles. The second kappa shape index (κ2) is 15.4. The van der Waals surface area contributed by atoms with Gasteiger partial charge in [-0.25, -0.2) is 0 Å². The molecule has 0 aliphatic heterocycles. The van der Waals surface area contributed by atoms with Crippen LogP contribution in [0.15, 0.2) is 83.9 Å². The molecule has 0 radical (unpaired) electrons. The van der Waals surface area contributed by atoms with Crippen LogP contribution in [0.25, 0.3) is 10.8 Å². The van der Waals surface area contributed by atoms with Crippen molar-refractivity contribution >= 4 is 41.5 Å². The van der Waals surface area contributed by atoms with E-state index in [0.717, 1.165) is 47.3 Å². The van der Waals surface area contributed by atoms with Gasteiger partial charge in [-0.15, -0.1) is 24.8 Å². The average molecular weight is 586 g/mol. The molecule has 2 heterocycles. The summed E-state index contributed by atoms with van der Waals surface area (Å²) in [6, 6.07) is 21.0. The third-order valence-electron chi connectivity index (χ3n) is 6.08. The zero-order chi connectivity index (χ0) is 27.0. The number of nitrogens with one attached hydrogen (secondary N) is 2. The van der Waals surface area contributed by atoms with Crippen LogP contribution in [-0.2, 0) is 19.5 Å². The lowest BCUT2D eigenvalue weighted by Crippen LogP contribution is -2.40. The number of hydrogen-bond donors (Lipinski definition) is 2. The van der Waals surface area contributed by atoms with Gasteiger partial charge in [0.25, 0.3) is 11.5 Å². The van der Waals surface area contributed by atoms with Crippen molar-refractivity contribution in [1.29, 1.82) is 0 Å². The van der Waals surface area contributed by atoms with E-state index >= 15 is 0 Å². The van der Waals surface area contributed by atoms with Gasteiger partial charge in [-0.3, -0.25) is 14.6 Å². The molecule has 0 spiro atoms. The highest BCUT2D eigenvalue weighted by molar-refractivity contribution is 5.94. The lowest BCUT2D eigenvalue weighted by molar-refractivity contribution is 0.0919. The van der Waals surface area contributed by atoms with E-state index in [2.05, 4.69) is 21.7 Å². The number of fused-ring (bicyclic) bond motifs is 1. The van der Waals surface area contributed by atoms with Gasteiger partial charge in [-0.2, -0.15) is 0 Å². The summed E-state index contributed by atoms with van der Waals surface area (Å²) in [5.41, 5.74) is 2.51. The Hall–Kier alpha value is -3.39. The molecule has 1 amide bonds. The third kappa shape index (κ3) is 9.66. The highest BCUT2D eigenvalue weighted by atomic mass is 35.5. The molecular formula is C31H38Cl2N4O3. The fourth-order valence-electron chi connectivity index (χ4n) is 4.15. The molecule has 9 heteroatoms. The molecule has 2 N–H and O–H groups in total. The van der Waals surface area contributed by atoms with Crippen LogP contribution in [0.1, 0.15) is 48.8 Å². The standard InChI is InChI=1S/C31H36N4O3.2ClH/c1-31(2,3)34-29(36)25-9-11-27(12-10-25)38-20-6-16-32-22-23-13-17-33-26(21-23)15-19-35-18-14-24-7-4-5-8-28(24)30(35)37;;/h4-5,7-14,17-18,21,32H,6,15-16,19-20,22H2,1-3H3,(H,34,36);2*1H. The second-order valence-electron chi connectivity index (χ2n) is 10.4. The SMILES string of the molecule is CC(C)(C)NC(=O)c1ccc(OCCCNCc2ccnc(CCn3ccc4ccccc4c3=O)c2)cc1.Cl.Cl. The van der Waals surface area contributed by atoms with Gasteiger partial charge in [0.1, 0.15) is 5.75 Å². The van der Waals surface area contributed by atoms with Gasteiger partial charge in [0.15, 0.2) is 0 Å². The first-order valence-electron chi connectivity index (χ1n) is 13.1. The number of rotatable bonds is 11. The summed E-state index contributed by atoms with van der Waals surface area (Å²) in [5, 5.41) is 8.11. The molecule has 0 atom stereocenters. The molecule has 214 valence electrons. The summed E-state index contributed by atoms with van der Waals surface area (Å²) in [4.78, 5) is 29.4. The zero-order valence-corrected chi connectivity index (χ0v) is 24.8. The van der Waals surface area contributed by atoms with E-state index in [0.29, 0.717) is 25.1 Å². The van der Waals surface area contributed by atoms with Crippen molar-refractivity contribution in [2.24, 2.45) is 0 Å². The molecule has 0 bridgehead atoms. The first-order valence-corrected chi connectivity index (χ1v) is 13.1. The Balaban J connectivity index is 0.00000280. The van der Waals surface area contributed by atoms with Crippen molar-refractivity contribution in [3.05, 3.63) is 106 Å². The minimum absolute atomic E-state index is 0. The lowest BCUT2D eigenvalue weighted by Gasteiger charge is -2.20. The van der Waals surface area contributed by atoms with Gasteiger partial charge >= 0.3 is 0 Å². The normalized spacial score (nSPS) is 10.9. The fraction of sp³-hybridized carbons (Fsp3) is 0.323. The number of carbonyl (C=O) groups excluding carboxylic acids is 1. The monoisotopic (exact) mass is 584 g/mol. The minimum atomic E-state index is -0.268. The molecule has 0 aliphatic rings. The van der Waals surface area contributed by atoms with Crippen LogP contribution in [0.4, 0.5) is 0 Å². The zero-order valence-electron chi connectivity index (χ0n) is 23.2. The first kappa shape index (κ1) is 32.8. The maximum Gasteiger partial charge on any atom is 0.258 e. The van der Waals surface area contributed by atoms with Crippen molar-refractivity contribution in [3.8, 4) is 5.75 Å². The molecule has 0 saturated carbocycles. The van der Waals surface area contributed by atoms with Crippen LogP contribution >= 0.6 is 24.8 Å². The number of pyridine rings is 2. The van der Waals surface area contributed by atoms with E-state index in [1.807, 2.05) is 81.7 Å². The Labute approximate surface area is 248 Å². The maximum atomic E-state index is 12.7. The topological polar surface area (TPSA) is 85.2 Å². The van der Waals surface area contributed by atoms with Crippen LogP contribution in [0, 0.1) is 0 Å². The molecule has 0 unspecified atom stereocenters. The molecule has 40 heavy (non-hydrogen) atoms. The quantitative estimate of drug-likeness (QED) is 0.225. The second-order valence-corrected chi connectivity index (χ2v) is 10.4. The molecule has 0 fully saturated rings. The summed E-state index contributed by atoms with van der Waals surface area (Å²) >= 11 is 0. The van der Waals surface area contributed by atoms with E-state index in [1.165, 1.54) is 0 Å². The number of ether oxygens (including phenoxy) is 1. The van der Waals surface area contributed by atoms with Gasteiger partial charge in [0, 0.05) is 54.1 Å². The summed E-state index contributed by atoms with van der Waals surface area (Å²) in [6.07, 6.45) is 5.23. The van der Waals surface area contributed by atoms with Crippen LogP contribution in [0.3, 0.4) is 0 Å². The van der Waals surface area contributed by atoms with Crippen LogP contribution in [0.5, 0.6) is 5.75 Å². The highest BCUT2D eigenvalue weighted by Crippen LogP contribution is 2.14. The van der Waals surface area contributed by atoms with Crippen LogP contribution in [-0.4, -0.2) is 34.1 Å². The molecular weight excluding hydrogens is 547 g/mol. The first-order chi connectivity index (χ1) is 18.3. The summed E-state index contributed by atoms with van der Waals surface area (Å²) in [5.74, 6) is 0.664. The number of carbonyl (C=O) groups is 1. The molecule has 4 aromatic rings. The number of benzene rings is 2. The van der Waals surface area contributed by atoms with Crippen molar-refractivity contribution < 1.29 is 9.53 Å². The number of aryl methyl sites for hydroxylation is 2. The van der Waals surface area contributed by atoms with Gasteiger partial charge < -0.3 is 19.9 Å². The van der Waals surface area contributed by atoms with E-state index in [9.17, 15) is 9.59 Å². The minimum Gasteiger partial charge on any atom is -0.494 e. The third-order valence-corrected chi connectivity index (χ3v) is 6.08. The van der Waals surface area contributed by atoms with Crippen molar-refractivity contribution in [1.82, 2.24) is 20.2 Å². The number of amides is 1.